The predicted molar refractivity (Wildman–Crippen MR) is 85.4 cm³/mol. The van der Waals surface area contributed by atoms with Crippen LogP contribution in [0.1, 0.15) is 19.2 Å². The zero-order valence-electron chi connectivity index (χ0n) is 12.8. The lowest BCUT2D eigenvalue weighted by Gasteiger charge is -2.13. The Morgan fingerprint density at radius 3 is 3.05 bits per heavy atom. The molecule has 0 saturated heterocycles. The summed E-state index contributed by atoms with van der Waals surface area (Å²) in [5, 5.41) is 9.74. The summed E-state index contributed by atoms with van der Waals surface area (Å²) in [5.74, 6) is 1.16. The molecule has 2 N–H and O–H groups in total. The zero-order valence-corrected chi connectivity index (χ0v) is 12.8. The summed E-state index contributed by atoms with van der Waals surface area (Å²) in [5.41, 5.74) is 1.52. The van der Waals surface area contributed by atoms with Gasteiger partial charge in [-0.3, -0.25) is 9.89 Å². The van der Waals surface area contributed by atoms with E-state index >= 15 is 0 Å². The normalized spacial score (nSPS) is 11.9. The molecular weight excluding hydrogens is 280 g/mol. The standard InChI is InChI=1S/C16H20N4O2/c1-4-5-9-22-11(2)16(21)18-14-8-6-7-13(10-14)15-17-12(3)19-20-15/h4,6-8,10-11H,1,5,9H2,2-3H3,(H,18,21)(H,17,19,20). The Hall–Kier alpha value is -2.47. The summed E-state index contributed by atoms with van der Waals surface area (Å²) in [4.78, 5) is 16.3. The highest BCUT2D eigenvalue weighted by atomic mass is 16.5. The van der Waals surface area contributed by atoms with Crippen molar-refractivity contribution in [2.24, 2.45) is 0 Å². The molecule has 1 amide bonds. The van der Waals surface area contributed by atoms with E-state index in [1.807, 2.05) is 31.2 Å². The lowest BCUT2D eigenvalue weighted by Crippen LogP contribution is -2.28. The van der Waals surface area contributed by atoms with Gasteiger partial charge in [-0.05, 0) is 32.4 Å². The maximum atomic E-state index is 12.1. The quantitative estimate of drug-likeness (QED) is 0.608. The summed E-state index contributed by atoms with van der Waals surface area (Å²) in [6, 6.07) is 7.39. The van der Waals surface area contributed by atoms with Crippen LogP contribution in [-0.2, 0) is 9.53 Å². The highest BCUT2D eigenvalue weighted by molar-refractivity contribution is 5.94. The SMILES string of the molecule is C=CCCOC(C)C(=O)Nc1cccc(-c2n[nH]c(C)n2)c1. The van der Waals surface area contributed by atoms with Gasteiger partial charge in [0, 0.05) is 11.3 Å². The number of nitrogens with one attached hydrogen (secondary N) is 2. The van der Waals surface area contributed by atoms with Gasteiger partial charge >= 0.3 is 0 Å². The molecule has 1 aromatic carbocycles. The van der Waals surface area contributed by atoms with Crippen molar-refractivity contribution >= 4 is 11.6 Å². The molecule has 1 aromatic heterocycles. The summed E-state index contributed by atoms with van der Waals surface area (Å²) in [6.07, 6.45) is 1.96. The van der Waals surface area contributed by atoms with Gasteiger partial charge in [0.25, 0.3) is 5.91 Å². The summed E-state index contributed by atoms with van der Waals surface area (Å²) in [7, 11) is 0. The van der Waals surface area contributed by atoms with E-state index in [0.29, 0.717) is 18.1 Å². The first-order chi connectivity index (χ1) is 10.6. The second kappa shape index (κ2) is 7.51. The van der Waals surface area contributed by atoms with Crippen LogP contribution in [0.15, 0.2) is 36.9 Å². The van der Waals surface area contributed by atoms with Crippen molar-refractivity contribution in [1.29, 1.82) is 0 Å². The van der Waals surface area contributed by atoms with Crippen molar-refractivity contribution in [2.45, 2.75) is 26.4 Å². The lowest BCUT2D eigenvalue weighted by atomic mass is 10.2. The van der Waals surface area contributed by atoms with Gasteiger partial charge in [-0.25, -0.2) is 4.98 Å². The van der Waals surface area contributed by atoms with Crippen LogP contribution in [0.25, 0.3) is 11.4 Å². The molecule has 1 atom stereocenters. The number of aromatic nitrogens is 3. The average Bonchev–Trinajstić information content (AvgIpc) is 2.94. The van der Waals surface area contributed by atoms with Crippen LogP contribution in [-0.4, -0.2) is 33.8 Å². The maximum absolute atomic E-state index is 12.1. The Labute approximate surface area is 129 Å². The fourth-order valence-electron chi connectivity index (χ4n) is 1.86. The number of hydrogen-bond acceptors (Lipinski definition) is 4. The van der Waals surface area contributed by atoms with Crippen molar-refractivity contribution in [2.75, 3.05) is 11.9 Å². The first-order valence-corrected chi connectivity index (χ1v) is 7.13. The highest BCUT2D eigenvalue weighted by Gasteiger charge is 2.13. The number of H-pyrrole nitrogens is 1. The molecule has 2 rings (SSSR count). The van der Waals surface area contributed by atoms with E-state index in [1.54, 1.807) is 13.0 Å². The van der Waals surface area contributed by atoms with Gasteiger partial charge in [0.1, 0.15) is 11.9 Å². The number of benzene rings is 1. The molecule has 6 nitrogen and oxygen atoms in total. The number of carbonyl (C=O) groups excluding carboxylic acids is 1. The van der Waals surface area contributed by atoms with E-state index in [1.165, 1.54) is 0 Å². The number of anilines is 1. The monoisotopic (exact) mass is 300 g/mol. The molecule has 0 aliphatic carbocycles. The number of nitrogens with zero attached hydrogens (tertiary/aromatic N) is 2. The molecule has 6 heteroatoms. The molecule has 0 bridgehead atoms. The van der Waals surface area contributed by atoms with E-state index in [9.17, 15) is 4.79 Å². The van der Waals surface area contributed by atoms with Crippen LogP contribution in [0, 0.1) is 6.92 Å². The number of amides is 1. The fraction of sp³-hybridized carbons (Fsp3) is 0.312. The molecule has 1 unspecified atom stereocenters. The Bertz CT molecular complexity index is 651. The second-order valence-corrected chi connectivity index (χ2v) is 4.90. The molecule has 0 radical (unpaired) electrons. The topological polar surface area (TPSA) is 79.9 Å². The Morgan fingerprint density at radius 2 is 2.36 bits per heavy atom. The molecule has 0 spiro atoms. The van der Waals surface area contributed by atoms with Gasteiger partial charge < -0.3 is 10.1 Å². The Balaban J connectivity index is 2.01. The highest BCUT2D eigenvalue weighted by Crippen LogP contribution is 2.19. The van der Waals surface area contributed by atoms with Gasteiger partial charge in [0.2, 0.25) is 0 Å². The van der Waals surface area contributed by atoms with Crippen LogP contribution >= 0.6 is 0 Å². The molecule has 0 aliphatic heterocycles. The predicted octanol–water partition coefficient (Wildman–Crippen LogP) is 2.70. The Morgan fingerprint density at radius 1 is 1.55 bits per heavy atom. The van der Waals surface area contributed by atoms with Gasteiger partial charge in [0.15, 0.2) is 5.82 Å². The number of rotatable bonds is 7. The smallest absolute Gasteiger partial charge is 0.253 e. The average molecular weight is 300 g/mol. The van der Waals surface area contributed by atoms with Crippen molar-refractivity contribution < 1.29 is 9.53 Å². The molecule has 0 saturated carbocycles. The van der Waals surface area contributed by atoms with E-state index in [4.69, 9.17) is 4.74 Å². The van der Waals surface area contributed by atoms with E-state index in [-0.39, 0.29) is 5.91 Å². The van der Waals surface area contributed by atoms with Gasteiger partial charge in [-0.1, -0.05) is 18.2 Å². The molecule has 0 aliphatic rings. The van der Waals surface area contributed by atoms with Crippen LogP contribution in [0.5, 0.6) is 0 Å². The third-order valence-corrected chi connectivity index (χ3v) is 3.04. The molecule has 116 valence electrons. The van der Waals surface area contributed by atoms with Crippen LogP contribution in [0.2, 0.25) is 0 Å². The van der Waals surface area contributed by atoms with Crippen molar-refractivity contribution in [1.82, 2.24) is 15.2 Å². The first kappa shape index (κ1) is 15.9. The minimum Gasteiger partial charge on any atom is -0.368 e. The van der Waals surface area contributed by atoms with Crippen molar-refractivity contribution in [3.05, 3.63) is 42.7 Å². The third kappa shape index (κ3) is 4.26. The zero-order chi connectivity index (χ0) is 15.9. The number of carbonyl (C=O) groups is 1. The molecule has 1 heterocycles. The summed E-state index contributed by atoms with van der Waals surface area (Å²) >= 11 is 0. The molecule has 22 heavy (non-hydrogen) atoms. The largest absolute Gasteiger partial charge is 0.368 e. The molecular formula is C16H20N4O2. The number of aryl methyl sites for hydroxylation is 1. The summed E-state index contributed by atoms with van der Waals surface area (Å²) in [6.45, 7) is 7.66. The third-order valence-electron chi connectivity index (χ3n) is 3.04. The van der Waals surface area contributed by atoms with Gasteiger partial charge in [0.05, 0.1) is 6.61 Å². The van der Waals surface area contributed by atoms with Gasteiger partial charge in [-0.2, -0.15) is 5.10 Å². The number of aromatic amines is 1. The molecule has 2 aromatic rings. The van der Waals surface area contributed by atoms with Crippen LogP contribution in [0.4, 0.5) is 5.69 Å². The summed E-state index contributed by atoms with van der Waals surface area (Å²) < 4.78 is 5.42. The number of ether oxygens (including phenoxy) is 1. The van der Waals surface area contributed by atoms with E-state index in [0.717, 1.165) is 17.8 Å². The maximum Gasteiger partial charge on any atom is 0.253 e. The Kier molecular flexibility index (Phi) is 5.43. The molecule has 0 fully saturated rings. The van der Waals surface area contributed by atoms with Crippen LogP contribution < -0.4 is 5.32 Å². The van der Waals surface area contributed by atoms with Gasteiger partial charge in [-0.15, -0.1) is 6.58 Å². The fourth-order valence-corrected chi connectivity index (χ4v) is 1.86. The van der Waals surface area contributed by atoms with E-state index in [2.05, 4.69) is 27.1 Å². The minimum absolute atomic E-state index is 0.188. The second-order valence-electron chi connectivity index (χ2n) is 4.90. The van der Waals surface area contributed by atoms with Crippen molar-refractivity contribution in [3.63, 3.8) is 0 Å². The lowest BCUT2D eigenvalue weighted by molar-refractivity contribution is -0.126. The number of hydrogen-bond donors (Lipinski definition) is 2. The first-order valence-electron chi connectivity index (χ1n) is 7.13. The minimum atomic E-state index is -0.519. The van der Waals surface area contributed by atoms with Crippen molar-refractivity contribution in [3.8, 4) is 11.4 Å². The van der Waals surface area contributed by atoms with Crippen LogP contribution in [0.3, 0.4) is 0 Å². The van der Waals surface area contributed by atoms with E-state index < -0.39 is 6.10 Å².